The van der Waals surface area contributed by atoms with Gasteiger partial charge in [-0.2, -0.15) is 5.10 Å². The molecule has 270 valence electrons. The molecule has 1 aliphatic rings. The number of amides is 2. The van der Waals surface area contributed by atoms with Crippen LogP contribution < -0.4 is 15.6 Å². The van der Waals surface area contributed by atoms with Gasteiger partial charge in [0.25, 0.3) is 11.8 Å². The Labute approximate surface area is 300 Å². The van der Waals surface area contributed by atoms with Gasteiger partial charge in [0.15, 0.2) is 0 Å². The van der Waals surface area contributed by atoms with E-state index in [0.717, 1.165) is 107 Å². The van der Waals surface area contributed by atoms with Crippen LogP contribution in [0.5, 0.6) is 0 Å². The highest BCUT2D eigenvalue weighted by Crippen LogP contribution is 2.27. The number of piperidine rings is 1. The van der Waals surface area contributed by atoms with E-state index in [0.29, 0.717) is 16.8 Å². The van der Waals surface area contributed by atoms with E-state index in [1.807, 2.05) is 54.6 Å². The molecular formula is C41H59N7O2. The van der Waals surface area contributed by atoms with Crippen LogP contribution in [0.15, 0.2) is 65.8 Å². The van der Waals surface area contributed by atoms with Crippen molar-refractivity contribution in [2.45, 2.75) is 67.3 Å². The minimum atomic E-state index is -0.370. The molecule has 3 aromatic rings. The van der Waals surface area contributed by atoms with Crippen LogP contribution in [0.25, 0.3) is 0 Å². The van der Waals surface area contributed by atoms with E-state index in [2.05, 4.69) is 83.1 Å². The molecule has 0 aliphatic carbocycles. The van der Waals surface area contributed by atoms with Gasteiger partial charge in [-0.1, -0.05) is 58.0 Å². The van der Waals surface area contributed by atoms with Crippen molar-refractivity contribution in [1.29, 1.82) is 0 Å². The summed E-state index contributed by atoms with van der Waals surface area (Å²) in [7, 11) is 0. The van der Waals surface area contributed by atoms with Gasteiger partial charge in [0.1, 0.15) is 0 Å². The van der Waals surface area contributed by atoms with Crippen molar-refractivity contribution >= 4 is 29.4 Å². The van der Waals surface area contributed by atoms with Gasteiger partial charge in [-0.3, -0.25) is 14.5 Å². The first-order valence-electron chi connectivity index (χ1n) is 18.6. The second-order valence-electron chi connectivity index (χ2n) is 13.3. The van der Waals surface area contributed by atoms with E-state index in [9.17, 15) is 9.59 Å². The molecule has 2 N–H and O–H groups in total. The number of carbonyl (C=O) groups is 2. The number of nitrogens with one attached hydrogen (secondary N) is 2. The molecule has 0 aromatic heterocycles. The summed E-state index contributed by atoms with van der Waals surface area (Å²) in [5.74, 6) is -0.617. The number of nitrogens with zero attached hydrogens (tertiary/aromatic N) is 5. The predicted octanol–water partition coefficient (Wildman–Crippen LogP) is 6.80. The Hall–Kier alpha value is -4.05. The number of hydrogen-bond donors (Lipinski definition) is 2. The molecule has 0 radical (unpaired) electrons. The van der Waals surface area contributed by atoms with Crippen LogP contribution >= 0.6 is 0 Å². The number of anilines is 2. The van der Waals surface area contributed by atoms with Gasteiger partial charge < -0.3 is 20.0 Å². The molecule has 0 unspecified atom stereocenters. The SMILES string of the molecule is CCN(CC)CCN(CCN(CC)CC)Cc1cccc(C(=O)Nc2ccc(N3CCCCC3)cc2C(=O)N/N=C/c2ccc(C)c(C)c2)c1. The van der Waals surface area contributed by atoms with Gasteiger partial charge >= 0.3 is 0 Å². The molecule has 0 atom stereocenters. The lowest BCUT2D eigenvalue weighted by molar-refractivity contribution is 0.0956. The van der Waals surface area contributed by atoms with Gasteiger partial charge in [0, 0.05) is 57.1 Å². The molecule has 0 saturated carbocycles. The largest absolute Gasteiger partial charge is 0.372 e. The Bertz CT molecular complexity index is 1540. The van der Waals surface area contributed by atoms with Gasteiger partial charge in [-0.05, 0) is 112 Å². The van der Waals surface area contributed by atoms with Gasteiger partial charge in [-0.25, -0.2) is 5.43 Å². The molecule has 1 saturated heterocycles. The molecule has 0 bridgehead atoms. The summed E-state index contributed by atoms with van der Waals surface area (Å²) >= 11 is 0. The topological polar surface area (TPSA) is 83.5 Å². The third-order valence-electron chi connectivity index (χ3n) is 9.98. The summed E-state index contributed by atoms with van der Waals surface area (Å²) in [6.45, 7) is 23.7. The van der Waals surface area contributed by atoms with Crippen molar-refractivity contribution in [3.63, 3.8) is 0 Å². The van der Waals surface area contributed by atoms with E-state index in [4.69, 9.17) is 0 Å². The van der Waals surface area contributed by atoms with Crippen molar-refractivity contribution in [3.8, 4) is 0 Å². The maximum absolute atomic E-state index is 13.7. The predicted molar refractivity (Wildman–Crippen MR) is 209 cm³/mol. The summed E-state index contributed by atoms with van der Waals surface area (Å²) in [4.78, 5) is 37.1. The molecule has 0 spiro atoms. The highest BCUT2D eigenvalue weighted by atomic mass is 16.2. The van der Waals surface area contributed by atoms with Crippen LogP contribution in [0, 0.1) is 13.8 Å². The second-order valence-corrected chi connectivity index (χ2v) is 13.3. The second kappa shape index (κ2) is 20.0. The summed E-state index contributed by atoms with van der Waals surface area (Å²) in [5, 5.41) is 7.31. The molecule has 1 fully saturated rings. The van der Waals surface area contributed by atoms with E-state index < -0.39 is 0 Å². The molecular weight excluding hydrogens is 622 g/mol. The number of hydrazone groups is 1. The monoisotopic (exact) mass is 681 g/mol. The molecule has 50 heavy (non-hydrogen) atoms. The Morgan fingerprint density at radius 2 is 1.40 bits per heavy atom. The van der Waals surface area contributed by atoms with E-state index in [1.54, 1.807) is 6.21 Å². The van der Waals surface area contributed by atoms with Crippen LogP contribution in [0.1, 0.15) is 89.9 Å². The zero-order valence-electron chi connectivity index (χ0n) is 31.3. The fourth-order valence-electron chi connectivity index (χ4n) is 6.43. The molecule has 1 aliphatic heterocycles. The first kappa shape index (κ1) is 38.7. The fourth-order valence-corrected chi connectivity index (χ4v) is 6.43. The normalized spacial score (nSPS) is 13.5. The quantitative estimate of drug-likeness (QED) is 0.114. The summed E-state index contributed by atoms with van der Waals surface area (Å²) in [5.41, 5.74) is 9.45. The summed E-state index contributed by atoms with van der Waals surface area (Å²) < 4.78 is 0. The number of likely N-dealkylation sites (N-methyl/N-ethyl adjacent to an activating group) is 2. The lowest BCUT2D eigenvalue weighted by Crippen LogP contribution is -2.39. The van der Waals surface area contributed by atoms with Crippen LogP contribution in [0.2, 0.25) is 0 Å². The lowest BCUT2D eigenvalue weighted by atomic mass is 10.1. The Balaban J connectivity index is 1.52. The number of carbonyl (C=O) groups excluding carboxylic acids is 2. The van der Waals surface area contributed by atoms with Crippen LogP contribution in [0.4, 0.5) is 11.4 Å². The van der Waals surface area contributed by atoms with Crippen molar-refractivity contribution < 1.29 is 9.59 Å². The van der Waals surface area contributed by atoms with Crippen molar-refractivity contribution in [3.05, 3.63) is 94.0 Å². The highest BCUT2D eigenvalue weighted by molar-refractivity contribution is 6.09. The third-order valence-corrected chi connectivity index (χ3v) is 9.98. The molecule has 1 heterocycles. The number of hydrogen-bond acceptors (Lipinski definition) is 7. The maximum atomic E-state index is 13.7. The summed E-state index contributed by atoms with van der Waals surface area (Å²) in [6.07, 6.45) is 5.11. The van der Waals surface area contributed by atoms with E-state index >= 15 is 0 Å². The highest BCUT2D eigenvalue weighted by Gasteiger charge is 2.19. The van der Waals surface area contributed by atoms with Crippen molar-refractivity contribution in [2.75, 3.05) is 75.7 Å². The smallest absolute Gasteiger partial charge is 0.273 e. The molecule has 9 nitrogen and oxygen atoms in total. The standard InChI is InChI=1S/C41H59N7O2/c1-7-45(8-2)23-25-47(26-24-46(9-3)10-4)31-35-15-14-16-36(28-35)40(49)43-39-20-19-37(48-21-12-11-13-22-48)29-38(39)41(50)44-42-30-34-18-17-32(5)33(6)27-34/h14-20,27-30H,7-13,21-26,31H2,1-6H3,(H,43,49)(H,44,50)/b42-30+. The van der Waals surface area contributed by atoms with E-state index in [-0.39, 0.29) is 11.8 Å². The lowest BCUT2D eigenvalue weighted by Gasteiger charge is -2.29. The average Bonchev–Trinajstić information content (AvgIpc) is 3.14. The molecule has 4 rings (SSSR count). The maximum Gasteiger partial charge on any atom is 0.273 e. The van der Waals surface area contributed by atoms with Gasteiger partial charge in [-0.15, -0.1) is 0 Å². The van der Waals surface area contributed by atoms with E-state index in [1.165, 1.54) is 12.0 Å². The third kappa shape index (κ3) is 11.5. The zero-order chi connectivity index (χ0) is 35.9. The van der Waals surface area contributed by atoms with Crippen molar-refractivity contribution in [2.24, 2.45) is 5.10 Å². The minimum absolute atomic E-state index is 0.247. The Morgan fingerprint density at radius 3 is 2.04 bits per heavy atom. The Kier molecular flexibility index (Phi) is 15.5. The van der Waals surface area contributed by atoms with Gasteiger partial charge in [0.2, 0.25) is 0 Å². The fraction of sp³-hybridized carbons (Fsp3) is 0.488. The number of rotatable bonds is 18. The van der Waals surface area contributed by atoms with Crippen LogP contribution in [0.3, 0.4) is 0 Å². The van der Waals surface area contributed by atoms with Crippen molar-refractivity contribution in [1.82, 2.24) is 20.1 Å². The molecule has 2 amide bonds. The average molecular weight is 682 g/mol. The van der Waals surface area contributed by atoms with Gasteiger partial charge in [0.05, 0.1) is 17.5 Å². The molecule has 9 heteroatoms. The first-order chi connectivity index (χ1) is 24.2. The number of aryl methyl sites for hydroxylation is 2. The summed E-state index contributed by atoms with van der Waals surface area (Å²) in [6, 6.07) is 19.6. The number of benzene rings is 3. The molecule has 3 aromatic carbocycles. The zero-order valence-corrected chi connectivity index (χ0v) is 31.3. The minimum Gasteiger partial charge on any atom is -0.372 e. The van der Waals surface area contributed by atoms with Crippen LogP contribution in [-0.4, -0.2) is 98.2 Å². The first-order valence-corrected chi connectivity index (χ1v) is 18.6. The van der Waals surface area contributed by atoms with Crippen LogP contribution in [-0.2, 0) is 6.54 Å². The Morgan fingerprint density at radius 1 is 0.740 bits per heavy atom.